The number of nitriles is 1. The molecule has 0 saturated heterocycles. The molecule has 0 aliphatic carbocycles. The summed E-state index contributed by atoms with van der Waals surface area (Å²) in [4.78, 5) is 24.9. The number of pyridine rings is 1. The molecule has 2 aromatic rings. The summed E-state index contributed by atoms with van der Waals surface area (Å²) in [6, 6.07) is 8.05. The zero-order valence-electron chi connectivity index (χ0n) is 11.3. The van der Waals surface area contributed by atoms with E-state index < -0.39 is 11.5 Å². The third-order valence-electron chi connectivity index (χ3n) is 3.08. The van der Waals surface area contributed by atoms with E-state index in [4.69, 9.17) is 28.5 Å². The van der Waals surface area contributed by atoms with Gasteiger partial charge in [0.15, 0.2) is 0 Å². The summed E-state index contributed by atoms with van der Waals surface area (Å²) in [6.07, 6.45) is 0. The SMILES string of the molecule is Cc1cc(C)n(C(=O)c2c(Cl)cccc2Cl)c(=O)c1C#N. The van der Waals surface area contributed by atoms with Gasteiger partial charge in [-0.2, -0.15) is 5.26 Å². The van der Waals surface area contributed by atoms with Crippen molar-refractivity contribution in [1.29, 1.82) is 5.26 Å². The highest BCUT2D eigenvalue weighted by molar-refractivity contribution is 6.39. The Kier molecular flexibility index (Phi) is 4.17. The second-order valence-electron chi connectivity index (χ2n) is 4.50. The number of benzene rings is 1. The maximum atomic E-state index is 12.6. The number of rotatable bonds is 1. The van der Waals surface area contributed by atoms with Gasteiger partial charge in [-0.15, -0.1) is 0 Å². The van der Waals surface area contributed by atoms with Crippen LogP contribution in [0.25, 0.3) is 0 Å². The molecule has 106 valence electrons. The largest absolute Gasteiger partial charge is 0.275 e. The molecule has 0 atom stereocenters. The third kappa shape index (κ3) is 2.58. The third-order valence-corrected chi connectivity index (χ3v) is 3.71. The number of nitrogens with zero attached hydrogens (tertiary/aromatic N) is 2. The number of aryl methyl sites for hydroxylation is 2. The molecule has 0 amide bonds. The van der Waals surface area contributed by atoms with Gasteiger partial charge in [0.25, 0.3) is 11.5 Å². The normalized spacial score (nSPS) is 10.2. The van der Waals surface area contributed by atoms with Crippen molar-refractivity contribution in [1.82, 2.24) is 4.57 Å². The van der Waals surface area contributed by atoms with Crippen molar-refractivity contribution in [3.8, 4) is 6.07 Å². The Hall–Kier alpha value is -2.09. The van der Waals surface area contributed by atoms with Crippen molar-refractivity contribution in [2.75, 3.05) is 0 Å². The molecule has 1 aromatic heterocycles. The predicted molar refractivity (Wildman–Crippen MR) is 81.1 cm³/mol. The topological polar surface area (TPSA) is 62.9 Å². The number of carbonyl (C=O) groups is 1. The molecule has 2 rings (SSSR count). The van der Waals surface area contributed by atoms with Gasteiger partial charge >= 0.3 is 0 Å². The zero-order chi connectivity index (χ0) is 15.7. The number of aromatic nitrogens is 1. The van der Waals surface area contributed by atoms with E-state index >= 15 is 0 Å². The molecule has 0 aliphatic rings. The fourth-order valence-electron chi connectivity index (χ4n) is 2.09. The van der Waals surface area contributed by atoms with Crippen LogP contribution in [-0.2, 0) is 0 Å². The highest BCUT2D eigenvalue weighted by atomic mass is 35.5. The van der Waals surface area contributed by atoms with E-state index in [0.717, 1.165) is 4.57 Å². The highest BCUT2D eigenvalue weighted by Gasteiger charge is 2.21. The van der Waals surface area contributed by atoms with Crippen LogP contribution >= 0.6 is 23.2 Å². The van der Waals surface area contributed by atoms with E-state index in [1.54, 1.807) is 26.0 Å². The van der Waals surface area contributed by atoms with Gasteiger partial charge in [-0.1, -0.05) is 29.3 Å². The van der Waals surface area contributed by atoms with Gasteiger partial charge in [0, 0.05) is 5.69 Å². The molecule has 0 radical (unpaired) electrons. The lowest BCUT2D eigenvalue weighted by molar-refractivity contribution is 0.0954. The van der Waals surface area contributed by atoms with E-state index in [9.17, 15) is 9.59 Å². The summed E-state index contributed by atoms with van der Waals surface area (Å²) in [5.41, 5.74) is 0.235. The molecule has 0 unspecified atom stereocenters. The Morgan fingerprint density at radius 2 is 1.81 bits per heavy atom. The van der Waals surface area contributed by atoms with Crippen molar-refractivity contribution in [2.24, 2.45) is 0 Å². The van der Waals surface area contributed by atoms with Crippen LogP contribution in [0.4, 0.5) is 0 Å². The summed E-state index contributed by atoms with van der Waals surface area (Å²) in [6.45, 7) is 3.25. The van der Waals surface area contributed by atoms with Gasteiger partial charge in [-0.3, -0.25) is 9.59 Å². The van der Waals surface area contributed by atoms with Gasteiger partial charge in [0.2, 0.25) is 0 Å². The van der Waals surface area contributed by atoms with Crippen molar-refractivity contribution in [3.05, 3.63) is 67.0 Å². The minimum atomic E-state index is -0.670. The Morgan fingerprint density at radius 1 is 1.24 bits per heavy atom. The Labute approximate surface area is 131 Å². The Bertz CT molecular complexity index is 828. The van der Waals surface area contributed by atoms with Crippen LogP contribution < -0.4 is 5.56 Å². The summed E-state index contributed by atoms with van der Waals surface area (Å²) in [5, 5.41) is 9.35. The van der Waals surface area contributed by atoms with Crippen molar-refractivity contribution >= 4 is 29.1 Å². The summed E-state index contributed by atoms with van der Waals surface area (Å²) in [5.74, 6) is -0.649. The quantitative estimate of drug-likeness (QED) is 0.809. The van der Waals surface area contributed by atoms with Gasteiger partial charge in [-0.25, -0.2) is 4.57 Å². The lowest BCUT2D eigenvalue weighted by atomic mass is 10.1. The average Bonchev–Trinajstić information content (AvgIpc) is 2.38. The van der Waals surface area contributed by atoms with E-state index in [-0.39, 0.29) is 21.2 Å². The molecule has 0 bridgehead atoms. The molecule has 0 saturated carbocycles. The first-order valence-electron chi connectivity index (χ1n) is 6.00. The van der Waals surface area contributed by atoms with Crippen molar-refractivity contribution in [3.63, 3.8) is 0 Å². The fourth-order valence-corrected chi connectivity index (χ4v) is 2.65. The van der Waals surface area contributed by atoms with Gasteiger partial charge < -0.3 is 0 Å². The molecule has 0 fully saturated rings. The second kappa shape index (κ2) is 5.72. The minimum absolute atomic E-state index is 0.0405. The standard InChI is InChI=1S/C15H10Cl2N2O2/c1-8-6-9(2)19(14(20)10(8)7-18)15(21)13-11(16)4-3-5-12(13)17/h3-6H,1-2H3. The van der Waals surface area contributed by atoms with Crippen molar-refractivity contribution < 1.29 is 4.79 Å². The second-order valence-corrected chi connectivity index (χ2v) is 5.31. The van der Waals surface area contributed by atoms with Crippen LogP contribution in [0.1, 0.15) is 27.2 Å². The van der Waals surface area contributed by atoms with Crippen LogP contribution in [0.2, 0.25) is 10.0 Å². The van der Waals surface area contributed by atoms with Crippen LogP contribution in [0.5, 0.6) is 0 Å². The zero-order valence-corrected chi connectivity index (χ0v) is 12.8. The average molecular weight is 321 g/mol. The molecule has 0 aliphatic heterocycles. The maximum absolute atomic E-state index is 12.6. The summed E-state index contributed by atoms with van der Waals surface area (Å²) in [7, 11) is 0. The maximum Gasteiger partial charge on any atom is 0.275 e. The van der Waals surface area contributed by atoms with Crippen LogP contribution in [0.15, 0.2) is 29.1 Å². The van der Waals surface area contributed by atoms with Gasteiger partial charge in [0.1, 0.15) is 11.6 Å². The van der Waals surface area contributed by atoms with E-state index in [2.05, 4.69) is 0 Å². The molecule has 4 nitrogen and oxygen atoms in total. The van der Waals surface area contributed by atoms with E-state index in [1.807, 2.05) is 6.07 Å². The first kappa shape index (κ1) is 15.3. The molecular weight excluding hydrogens is 311 g/mol. The predicted octanol–water partition coefficient (Wildman–Crippen LogP) is 3.33. The first-order valence-corrected chi connectivity index (χ1v) is 6.76. The number of halogens is 2. The van der Waals surface area contributed by atoms with E-state index in [1.165, 1.54) is 12.1 Å². The Morgan fingerprint density at radius 3 is 2.33 bits per heavy atom. The monoisotopic (exact) mass is 320 g/mol. The van der Waals surface area contributed by atoms with Crippen LogP contribution in [0.3, 0.4) is 0 Å². The molecule has 21 heavy (non-hydrogen) atoms. The van der Waals surface area contributed by atoms with Crippen LogP contribution in [-0.4, -0.2) is 10.5 Å². The lowest BCUT2D eigenvalue weighted by Gasteiger charge is -2.12. The highest BCUT2D eigenvalue weighted by Crippen LogP contribution is 2.25. The first-order chi connectivity index (χ1) is 9.88. The summed E-state index contributed by atoms with van der Waals surface area (Å²) >= 11 is 12.0. The molecular formula is C15H10Cl2N2O2. The number of hydrogen-bond acceptors (Lipinski definition) is 3. The molecule has 6 heteroatoms. The molecule has 1 aromatic carbocycles. The number of hydrogen-bond donors (Lipinski definition) is 0. The fraction of sp³-hybridized carbons (Fsp3) is 0.133. The van der Waals surface area contributed by atoms with Crippen molar-refractivity contribution in [2.45, 2.75) is 13.8 Å². The van der Waals surface area contributed by atoms with Crippen LogP contribution in [0, 0.1) is 25.2 Å². The summed E-state index contributed by atoms with van der Waals surface area (Å²) < 4.78 is 0.915. The lowest BCUT2D eigenvalue weighted by Crippen LogP contribution is -2.32. The molecule has 0 spiro atoms. The minimum Gasteiger partial charge on any atom is -0.268 e. The Balaban J connectivity index is 2.77. The van der Waals surface area contributed by atoms with Gasteiger partial charge in [0.05, 0.1) is 15.6 Å². The van der Waals surface area contributed by atoms with Gasteiger partial charge in [-0.05, 0) is 37.6 Å². The number of carbonyl (C=O) groups excluding carboxylic acids is 1. The molecule has 0 N–H and O–H groups in total. The van der Waals surface area contributed by atoms with E-state index in [0.29, 0.717) is 11.3 Å². The molecule has 1 heterocycles. The smallest absolute Gasteiger partial charge is 0.268 e.